The first-order valence-electron chi connectivity index (χ1n) is 6.47. The first-order valence-corrected chi connectivity index (χ1v) is 6.47. The molecule has 8 nitrogen and oxygen atoms in total. The molecule has 1 fully saturated rings. The summed E-state index contributed by atoms with van der Waals surface area (Å²) in [4.78, 5) is 34.4. The van der Waals surface area contributed by atoms with E-state index in [9.17, 15) is 19.7 Å². The van der Waals surface area contributed by atoms with Crippen molar-refractivity contribution in [2.75, 3.05) is 18.4 Å². The normalized spacial score (nSPS) is 13.5. The monoisotopic (exact) mass is 293 g/mol. The quantitative estimate of drug-likeness (QED) is 0.574. The molecule has 1 amide bonds. The zero-order chi connectivity index (χ0) is 15.4. The van der Waals surface area contributed by atoms with Gasteiger partial charge in [-0.05, 0) is 18.9 Å². The highest BCUT2D eigenvalue weighted by Crippen LogP contribution is 2.27. The van der Waals surface area contributed by atoms with Crippen molar-refractivity contribution in [2.24, 2.45) is 0 Å². The fraction of sp³-hybridized carbons (Fsp3) is 0.385. The zero-order valence-corrected chi connectivity index (χ0v) is 11.2. The Labute approximate surface area is 120 Å². The second-order valence-corrected chi connectivity index (χ2v) is 4.77. The van der Waals surface area contributed by atoms with E-state index in [4.69, 9.17) is 5.11 Å². The van der Waals surface area contributed by atoms with Crippen molar-refractivity contribution in [2.45, 2.75) is 18.9 Å². The van der Waals surface area contributed by atoms with Crippen molar-refractivity contribution in [3.8, 4) is 0 Å². The second kappa shape index (κ2) is 6.21. The van der Waals surface area contributed by atoms with Crippen molar-refractivity contribution >= 4 is 23.3 Å². The molecule has 0 aliphatic heterocycles. The van der Waals surface area contributed by atoms with Crippen LogP contribution in [0.25, 0.3) is 0 Å². The summed E-state index contributed by atoms with van der Waals surface area (Å²) in [5, 5.41) is 22.4. The van der Waals surface area contributed by atoms with E-state index in [0.717, 1.165) is 12.8 Å². The molecule has 0 saturated heterocycles. The fourth-order valence-corrected chi connectivity index (χ4v) is 2.01. The number of nitrogens with zero attached hydrogens (tertiary/aromatic N) is 2. The predicted octanol–water partition coefficient (Wildman–Crippen LogP) is 1.08. The molecule has 2 rings (SSSR count). The molecule has 0 aromatic heterocycles. The van der Waals surface area contributed by atoms with Crippen LogP contribution in [0.15, 0.2) is 24.3 Å². The van der Waals surface area contributed by atoms with Gasteiger partial charge in [-0.15, -0.1) is 0 Å². The molecule has 0 unspecified atom stereocenters. The number of carbonyl (C=O) groups is 2. The first-order chi connectivity index (χ1) is 9.99. The molecule has 0 spiro atoms. The van der Waals surface area contributed by atoms with Crippen LogP contribution in [0.5, 0.6) is 0 Å². The molecule has 21 heavy (non-hydrogen) atoms. The number of hydrogen-bond donors (Lipinski definition) is 2. The van der Waals surface area contributed by atoms with Gasteiger partial charge in [-0.1, -0.05) is 12.1 Å². The van der Waals surface area contributed by atoms with Crippen molar-refractivity contribution in [3.63, 3.8) is 0 Å². The largest absolute Gasteiger partial charge is 0.480 e. The molecule has 0 heterocycles. The average molecular weight is 293 g/mol. The Morgan fingerprint density at radius 1 is 1.38 bits per heavy atom. The van der Waals surface area contributed by atoms with Crippen LogP contribution < -0.4 is 5.32 Å². The van der Waals surface area contributed by atoms with Crippen LogP contribution in [0.2, 0.25) is 0 Å². The summed E-state index contributed by atoms with van der Waals surface area (Å²) in [6, 6.07) is 5.97. The summed E-state index contributed by atoms with van der Waals surface area (Å²) in [6.07, 6.45) is 1.59. The Hall–Kier alpha value is -2.64. The maximum Gasteiger partial charge on any atom is 0.323 e. The third-order valence-electron chi connectivity index (χ3n) is 3.14. The van der Waals surface area contributed by atoms with Crippen molar-refractivity contribution in [1.29, 1.82) is 0 Å². The number of nitro groups is 1. The van der Waals surface area contributed by atoms with E-state index in [2.05, 4.69) is 5.32 Å². The Morgan fingerprint density at radius 3 is 2.62 bits per heavy atom. The highest BCUT2D eigenvalue weighted by atomic mass is 16.6. The van der Waals surface area contributed by atoms with Crippen LogP contribution >= 0.6 is 0 Å². The highest BCUT2D eigenvalue weighted by molar-refractivity contribution is 5.85. The maximum absolute atomic E-state index is 12.0. The van der Waals surface area contributed by atoms with Crippen LogP contribution in [-0.4, -0.2) is 45.9 Å². The van der Waals surface area contributed by atoms with Crippen LogP contribution in [0, 0.1) is 10.1 Å². The van der Waals surface area contributed by atoms with Gasteiger partial charge < -0.3 is 15.3 Å². The molecule has 1 aromatic rings. The van der Waals surface area contributed by atoms with Crippen molar-refractivity contribution in [3.05, 3.63) is 34.4 Å². The van der Waals surface area contributed by atoms with Crippen LogP contribution in [0.4, 0.5) is 11.4 Å². The minimum atomic E-state index is -1.07. The van der Waals surface area contributed by atoms with E-state index in [1.165, 1.54) is 23.1 Å². The summed E-state index contributed by atoms with van der Waals surface area (Å²) >= 11 is 0. The number of carboxylic acids is 1. The van der Waals surface area contributed by atoms with Gasteiger partial charge in [-0.2, -0.15) is 0 Å². The minimum Gasteiger partial charge on any atom is -0.480 e. The summed E-state index contributed by atoms with van der Waals surface area (Å²) in [6.45, 7) is -0.517. The molecule has 1 aromatic carbocycles. The first kappa shape index (κ1) is 14.8. The second-order valence-electron chi connectivity index (χ2n) is 4.77. The molecule has 2 N–H and O–H groups in total. The van der Waals surface area contributed by atoms with Crippen LogP contribution in [-0.2, 0) is 9.59 Å². The van der Waals surface area contributed by atoms with Gasteiger partial charge in [-0.25, -0.2) is 0 Å². The summed E-state index contributed by atoms with van der Waals surface area (Å²) in [5.41, 5.74) is 0.114. The summed E-state index contributed by atoms with van der Waals surface area (Å²) in [7, 11) is 0. The van der Waals surface area contributed by atoms with Gasteiger partial charge >= 0.3 is 5.97 Å². The highest BCUT2D eigenvalue weighted by Gasteiger charge is 2.33. The molecule has 0 bridgehead atoms. The van der Waals surface area contributed by atoms with E-state index in [1.54, 1.807) is 6.07 Å². The molecule has 1 aliphatic carbocycles. The molecule has 0 radical (unpaired) electrons. The molecular formula is C13H15N3O5. The van der Waals surface area contributed by atoms with E-state index in [1.807, 2.05) is 0 Å². The number of nitro benzene ring substituents is 1. The van der Waals surface area contributed by atoms with Gasteiger partial charge in [0.05, 0.1) is 11.5 Å². The number of hydrogen-bond acceptors (Lipinski definition) is 5. The Bertz CT molecular complexity index is 571. The van der Waals surface area contributed by atoms with Gasteiger partial charge in [0.1, 0.15) is 12.2 Å². The number of anilines is 1. The number of carboxylic acid groups (broad SMARTS) is 1. The van der Waals surface area contributed by atoms with E-state index in [-0.39, 0.29) is 36.4 Å². The molecule has 1 saturated carbocycles. The lowest BCUT2D eigenvalue weighted by molar-refractivity contribution is -0.383. The third kappa shape index (κ3) is 3.91. The molecular weight excluding hydrogens is 278 g/mol. The van der Waals surface area contributed by atoms with Gasteiger partial charge in [-0.3, -0.25) is 19.7 Å². The predicted molar refractivity (Wildman–Crippen MR) is 74.0 cm³/mol. The van der Waals surface area contributed by atoms with Crippen LogP contribution in [0.3, 0.4) is 0 Å². The molecule has 1 aliphatic rings. The summed E-state index contributed by atoms with van der Waals surface area (Å²) in [5.74, 6) is -1.45. The fourth-order valence-electron chi connectivity index (χ4n) is 2.01. The summed E-state index contributed by atoms with van der Waals surface area (Å²) < 4.78 is 0. The number of para-hydroxylation sites is 2. The number of rotatable bonds is 7. The smallest absolute Gasteiger partial charge is 0.323 e. The van der Waals surface area contributed by atoms with Gasteiger partial charge in [0, 0.05) is 12.1 Å². The zero-order valence-electron chi connectivity index (χ0n) is 11.2. The van der Waals surface area contributed by atoms with Crippen molar-refractivity contribution < 1.29 is 19.6 Å². The maximum atomic E-state index is 12.0. The Balaban J connectivity index is 2.00. The van der Waals surface area contributed by atoms with Gasteiger partial charge in [0.2, 0.25) is 5.91 Å². The van der Waals surface area contributed by atoms with E-state index in [0.29, 0.717) is 0 Å². The number of amides is 1. The average Bonchev–Trinajstić information content (AvgIpc) is 3.26. The number of benzene rings is 1. The molecule has 112 valence electrons. The molecule has 0 atom stereocenters. The SMILES string of the molecule is O=C(O)CN(C(=O)CNc1ccccc1[N+](=O)[O-])C1CC1. The number of aliphatic carboxylic acids is 1. The van der Waals surface area contributed by atoms with Crippen LogP contribution in [0.1, 0.15) is 12.8 Å². The lowest BCUT2D eigenvalue weighted by Gasteiger charge is -2.20. The van der Waals surface area contributed by atoms with Crippen molar-refractivity contribution in [1.82, 2.24) is 4.90 Å². The Morgan fingerprint density at radius 2 is 2.05 bits per heavy atom. The standard InChI is InChI=1S/C13H15N3O5/c17-12(15(8-13(18)19)9-5-6-9)7-14-10-3-1-2-4-11(10)16(20)21/h1-4,9,14H,5-8H2,(H,18,19). The number of nitrogens with one attached hydrogen (secondary N) is 1. The van der Waals surface area contributed by atoms with Gasteiger partial charge in [0.25, 0.3) is 5.69 Å². The topological polar surface area (TPSA) is 113 Å². The third-order valence-corrected chi connectivity index (χ3v) is 3.14. The molecule has 8 heteroatoms. The van der Waals surface area contributed by atoms with Gasteiger partial charge in [0.15, 0.2) is 0 Å². The number of carbonyl (C=O) groups excluding carboxylic acids is 1. The minimum absolute atomic E-state index is 0.0267. The lowest BCUT2D eigenvalue weighted by Crippen LogP contribution is -2.40. The van der Waals surface area contributed by atoms with E-state index < -0.39 is 10.9 Å². The van der Waals surface area contributed by atoms with E-state index >= 15 is 0 Å². The Kier molecular flexibility index (Phi) is 4.36. The lowest BCUT2D eigenvalue weighted by atomic mass is 10.2.